The summed E-state index contributed by atoms with van der Waals surface area (Å²) in [4.78, 5) is 50.1. The van der Waals surface area contributed by atoms with E-state index in [0.717, 1.165) is 22.3 Å². The number of carbonyl (C=O) groups excluding carboxylic acids is 3. The average Bonchev–Trinajstić information content (AvgIpc) is 3.48. The van der Waals surface area contributed by atoms with Crippen molar-refractivity contribution in [1.82, 2.24) is 10.2 Å². The molecule has 1 aliphatic heterocycles. The van der Waals surface area contributed by atoms with Gasteiger partial charge in [-0.1, -0.05) is 48.5 Å². The first-order valence-corrected chi connectivity index (χ1v) is 11.6. The molecule has 0 spiro atoms. The summed E-state index contributed by atoms with van der Waals surface area (Å²) >= 11 is 0. The number of esters is 1. The van der Waals surface area contributed by atoms with Crippen molar-refractivity contribution in [1.29, 1.82) is 0 Å². The molecule has 4 rings (SSSR count). The lowest BCUT2D eigenvalue weighted by Gasteiger charge is -2.24. The number of carboxylic acids is 1. The topological polar surface area (TPSA) is 122 Å². The Kier molecular flexibility index (Phi) is 7.33. The first-order chi connectivity index (χ1) is 16.9. The third kappa shape index (κ3) is 5.29. The number of alkyl carbamates (subject to hydrolysis) is 1. The maximum atomic E-state index is 13.0. The third-order valence-electron chi connectivity index (χ3n) is 6.62. The predicted molar refractivity (Wildman–Crippen MR) is 126 cm³/mol. The van der Waals surface area contributed by atoms with Gasteiger partial charge in [-0.15, -0.1) is 0 Å². The van der Waals surface area contributed by atoms with E-state index in [4.69, 9.17) is 14.6 Å². The lowest BCUT2D eigenvalue weighted by molar-refractivity contribution is -0.145. The highest BCUT2D eigenvalue weighted by Crippen LogP contribution is 2.44. The number of ether oxygens (including phenoxy) is 2. The third-order valence-corrected chi connectivity index (χ3v) is 6.62. The first-order valence-electron chi connectivity index (χ1n) is 11.6. The fraction of sp³-hybridized carbons (Fsp3) is 0.385. The molecule has 2 aromatic rings. The molecule has 2 aromatic carbocycles. The maximum Gasteiger partial charge on any atom is 0.407 e. The molecule has 35 heavy (non-hydrogen) atoms. The number of amides is 2. The number of carbonyl (C=O) groups is 4. The van der Waals surface area contributed by atoms with E-state index in [1.54, 1.807) is 0 Å². The van der Waals surface area contributed by atoms with Crippen LogP contribution in [0.15, 0.2) is 48.5 Å². The fourth-order valence-electron chi connectivity index (χ4n) is 4.85. The van der Waals surface area contributed by atoms with Crippen molar-refractivity contribution in [3.05, 3.63) is 59.7 Å². The van der Waals surface area contributed by atoms with Crippen LogP contribution in [0.4, 0.5) is 4.79 Å². The summed E-state index contributed by atoms with van der Waals surface area (Å²) < 4.78 is 10.3. The van der Waals surface area contributed by atoms with Crippen LogP contribution < -0.4 is 5.32 Å². The van der Waals surface area contributed by atoms with Gasteiger partial charge in [0.1, 0.15) is 12.6 Å². The monoisotopic (exact) mass is 480 g/mol. The molecule has 9 heteroatoms. The highest BCUT2D eigenvalue weighted by atomic mass is 16.5. The summed E-state index contributed by atoms with van der Waals surface area (Å²) in [6.07, 6.45) is -0.722. The van der Waals surface area contributed by atoms with Crippen molar-refractivity contribution in [2.24, 2.45) is 5.92 Å². The molecule has 0 bridgehead atoms. The lowest BCUT2D eigenvalue weighted by Crippen LogP contribution is -2.48. The molecule has 2 amide bonds. The van der Waals surface area contributed by atoms with Gasteiger partial charge in [0.15, 0.2) is 0 Å². The van der Waals surface area contributed by atoms with Crippen LogP contribution in [-0.4, -0.2) is 66.8 Å². The zero-order valence-electron chi connectivity index (χ0n) is 19.4. The summed E-state index contributed by atoms with van der Waals surface area (Å²) in [5, 5.41) is 11.6. The number of nitrogens with one attached hydrogen (secondary N) is 1. The Morgan fingerprint density at radius 3 is 2.29 bits per heavy atom. The smallest absolute Gasteiger partial charge is 0.407 e. The molecule has 0 aromatic heterocycles. The number of hydrogen-bond donors (Lipinski definition) is 2. The molecule has 0 radical (unpaired) electrons. The zero-order chi connectivity index (χ0) is 24.9. The van der Waals surface area contributed by atoms with Gasteiger partial charge in [-0.05, 0) is 35.1 Å². The van der Waals surface area contributed by atoms with E-state index in [2.05, 4.69) is 5.32 Å². The van der Waals surface area contributed by atoms with Gasteiger partial charge in [0.05, 0.1) is 13.0 Å². The highest BCUT2D eigenvalue weighted by molar-refractivity contribution is 5.87. The van der Waals surface area contributed by atoms with Crippen molar-refractivity contribution in [3.63, 3.8) is 0 Å². The molecule has 1 heterocycles. The SMILES string of the molecule is COC(=O)C1CCN(C(=O)C(CCC(=O)O)NC(=O)OCC2c3ccccc3-c3ccccc32)C1. The van der Waals surface area contributed by atoms with Crippen LogP contribution in [-0.2, 0) is 23.9 Å². The zero-order valence-corrected chi connectivity index (χ0v) is 19.4. The second kappa shape index (κ2) is 10.6. The van der Waals surface area contributed by atoms with Crippen LogP contribution >= 0.6 is 0 Å². The molecular weight excluding hydrogens is 452 g/mol. The summed E-state index contributed by atoms with van der Waals surface area (Å²) in [7, 11) is 1.29. The van der Waals surface area contributed by atoms with Gasteiger partial charge in [-0.3, -0.25) is 14.4 Å². The Balaban J connectivity index is 1.41. The number of aliphatic carboxylic acids is 1. The number of carboxylic acid groups (broad SMARTS) is 1. The fourth-order valence-corrected chi connectivity index (χ4v) is 4.85. The number of likely N-dealkylation sites (tertiary alicyclic amines) is 1. The summed E-state index contributed by atoms with van der Waals surface area (Å²) in [5.74, 6) is -2.48. The second-order valence-electron chi connectivity index (χ2n) is 8.75. The minimum atomic E-state index is -1.08. The molecule has 1 fully saturated rings. The number of benzene rings is 2. The molecule has 9 nitrogen and oxygen atoms in total. The first kappa shape index (κ1) is 24.3. The number of fused-ring (bicyclic) bond motifs is 3. The van der Waals surface area contributed by atoms with Crippen molar-refractivity contribution in [2.45, 2.75) is 31.2 Å². The summed E-state index contributed by atoms with van der Waals surface area (Å²) in [6, 6.07) is 14.8. The quantitative estimate of drug-likeness (QED) is 0.557. The van der Waals surface area contributed by atoms with Crippen molar-refractivity contribution < 1.29 is 33.8 Å². The molecule has 2 aliphatic rings. The second-order valence-corrected chi connectivity index (χ2v) is 8.75. The Labute approximate surface area is 203 Å². The molecule has 184 valence electrons. The van der Waals surface area contributed by atoms with E-state index in [1.165, 1.54) is 12.0 Å². The normalized spacial score (nSPS) is 17.3. The van der Waals surface area contributed by atoms with Crippen LogP contribution in [0.1, 0.15) is 36.3 Å². The van der Waals surface area contributed by atoms with Crippen LogP contribution in [0.3, 0.4) is 0 Å². The predicted octanol–water partition coefficient (Wildman–Crippen LogP) is 2.78. The number of nitrogens with zero attached hydrogens (tertiary/aromatic N) is 1. The Bertz CT molecular complexity index is 1090. The highest BCUT2D eigenvalue weighted by Gasteiger charge is 2.36. The van der Waals surface area contributed by atoms with E-state index >= 15 is 0 Å². The molecular formula is C26H28N2O7. The van der Waals surface area contributed by atoms with Crippen LogP contribution in [0.2, 0.25) is 0 Å². The molecule has 2 atom stereocenters. The standard InChI is InChI=1S/C26H28N2O7/c1-34-25(32)16-12-13-28(14-16)24(31)22(10-11-23(29)30)27-26(33)35-15-21-19-8-4-2-6-17(19)18-7-3-5-9-20(18)21/h2-9,16,21-22H,10-15H2,1H3,(H,27,33)(H,29,30). The van der Waals surface area contributed by atoms with Gasteiger partial charge in [0, 0.05) is 25.4 Å². The Morgan fingerprint density at radius 2 is 1.69 bits per heavy atom. The Morgan fingerprint density at radius 1 is 1.06 bits per heavy atom. The van der Waals surface area contributed by atoms with Crippen LogP contribution in [0, 0.1) is 5.92 Å². The minimum absolute atomic E-state index is 0.0772. The van der Waals surface area contributed by atoms with Gasteiger partial charge in [0.25, 0.3) is 0 Å². The van der Waals surface area contributed by atoms with E-state index in [9.17, 15) is 19.2 Å². The van der Waals surface area contributed by atoms with Crippen LogP contribution in [0.25, 0.3) is 11.1 Å². The number of methoxy groups -OCH3 is 1. The van der Waals surface area contributed by atoms with Gasteiger partial charge in [-0.25, -0.2) is 4.79 Å². The van der Waals surface area contributed by atoms with Gasteiger partial charge >= 0.3 is 18.0 Å². The van der Waals surface area contributed by atoms with E-state index in [-0.39, 0.29) is 31.9 Å². The van der Waals surface area contributed by atoms with Crippen LogP contribution in [0.5, 0.6) is 0 Å². The summed E-state index contributed by atoms with van der Waals surface area (Å²) in [5.41, 5.74) is 4.32. The minimum Gasteiger partial charge on any atom is -0.481 e. The van der Waals surface area contributed by atoms with E-state index in [1.807, 2.05) is 48.5 Å². The van der Waals surface area contributed by atoms with E-state index < -0.39 is 35.9 Å². The van der Waals surface area contributed by atoms with Crippen molar-refractivity contribution in [2.75, 3.05) is 26.8 Å². The molecule has 0 saturated carbocycles. The Hall–Kier alpha value is -3.88. The molecule has 1 aliphatic carbocycles. The largest absolute Gasteiger partial charge is 0.481 e. The number of rotatable bonds is 8. The van der Waals surface area contributed by atoms with Gasteiger partial charge in [0.2, 0.25) is 5.91 Å². The lowest BCUT2D eigenvalue weighted by atomic mass is 9.98. The molecule has 2 unspecified atom stereocenters. The van der Waals surface area contributed by atoms with Crippen molar-refractivity contribution >= 4 is 23.9 Å². The van der Waals surface area contributed by atoms with Crippen molar-refractivity contribution in [3.8, 4) is 11.1 Å². The maximum absolute atomic E-state index is 13.0. The molecule has 2 N–H and O–H groups in total. The average molecular weight is 481 g/mol. The molecule has 1 saturated heterocycles. The summed E-state index contributed by atoms with van der Waals surface area (Å²) in [6.45, 7) is 0.573. The van der Waals surface area contributed by atoms with Gasteiger partial charge in [-0.2, -0.15) is 0 Å². The van der Waals surface area contributed by atoms with E-state index in [0.29, 0.717) is 13.0 Å². The van der Waals surface area contributed by atoms with Gasteiger partial charge < -0.3 is 24.8 Å². The number of hydrogen-bond acceptors (Lipinski definition) is 6.